The van der Waals surface area contributed by atoms with Crippen LogP contribution in [0.25, 0.3) is 11.0 Å². The number of hydrogen-bond donors (Lipinski definition) is 1. The van der Waals surface area contributed by atoms with Crippen LogP contribution in [0.1, 0.15) is 26.1 Å². The molecule has 0 spiro atoms. The van der Waals surface area contributed by atoms with Crippen molar-refractivity contribution in [3.8, 4) is 0 Å². The second-order valence-electron chi connectivity index (χ2n) is 7.04. The van der Waals surface area contributed by atoms with Crippen molar-refractivity contribution in [2.24, 2.45) is 0 Å². The molecule has 5 heteroatoms. The van der Waals surface area contributed by atoms with Crippen molar-refractivity contribution in [1.82, 2.24) is 19.4 Å². The van der Waals surface area contributed by atoms with Crippen molar-refractivity contribution < 1.29 is 5.11 Å². The van der Waals surface area contributed by atoms with E-state index in [0.29, 0.717) is 12.1 Å². The van der Waals surface area contributed by atoms with Gasteiger partial charge in [-0.25, -0.2) is 4.98 Å². The van der Waals surface area contributed by atoms with Crippen LogP contribution in [-0.4, -0.2) is 62.3 Å². The first-order valence-corrected chi connectivity index (χ1v) is 8.76. The molecule has 124 valence electrons. The molecule has 2 aliphatic rings. The average molecular weight is 314 g/mol. The van der Waals surface area contributed by atoms with E-state index in [1.54, 1.807) is 0 Å². The zero-order valence-corrected chi connectivity index (χ0v) is 14.0. The fraction of sp³-hybridized carbons (Fsp3) is 0.611. The Balaban J connectivity index is 1.58. The van der Waals surface area contributed by atoms with E-state index in [4.69, 9.17) is 4.98 Å². The van der Waals surface area contributed by atoms with Gasteiger partial charge in [0, 0.05) is 38.3 Å². The van der Waals surface area contributed by atoms with Crippen molar-refractivity contribution in [1.29, 1.82) is 0 Å². The van der Waals surface area contributed by atoms with Crippen molar-refractivity contribution >= 4 is 11.0 Å². The van der Waals surface area contributed by atoms with E-state index < -0.39 is 0 Å². The second-order valence-corrected chi connectivity index (χ2v) is 7.04. The number of benzene rings is 1. The highest BCUT2D eigenvalue weighted by atomic mass is 16.3. The summed E-state index contributed by atoms with van der Waals surface area (Å²) >= 11 is 0. The molecule has 1 N–H and O–H groups in total. The van der Waals surface area contributed by atoms with E-state index in [9.17, 15) is 5.11 Å². The molecule has 1 aromatic heterocycles. The number of aliphatic hydroxyl groups is 1. The minimum absolute atomic E-state index is 0.146. The first kappa shape index (κ1) is 15.1. The van der Waals surface area contributed by atoms with Gasteiger partial charge in [-0.15, -0.1) is 0 Å². The van der Waals surface area contributed by atoms with Gasteiger partial charge in [0.25, 0.3) is 0 Å². The van der Waals surface area contributed by atoms with E-state index >= 15 is 0 Å². The zero-order chi connectivity index (χ0) is 16.0. The molecule has 0 unspecified atom stereocenters. The maximum absolute atomic E-state index is 9.92. The van der Waals surface area contributed by atoms with Crippen LogP contribution in [0.3, 0.4) is 0 Å². The van der Waals surface area contributed by atoms with Gasteiger partial charge < -0.3 is 9.67 Å². The highest BCUT2D eigenvalue weighted by Crippen LogP contribution is 2.26. The summed E-state index contributed by atoms with van der Waals surface area (Å²) in [6.45, 7) is 9.25. The van der Waals surface area contributed by atoms with Gasteiger partial charge in [-0.2, -0.15) is 0 Å². The van der Waals surface area contributed by atoms with Crippen molar-refractivity contribution in [3.05, 3.63) is 30.1 Å². The van der Waals surface area contributed by atoms with Gasteiger partial charge in [0.2, 0.25) is 0 Å². The molecule has 0 bridgehead atoms. The SMILES string of the molecule is CCn1c(CN2C[C@H]3C[C@@H](O)CN3C[C@@H]2C)nc2ccccc21. The summed E-state index contributed by atoms with van der Waals surface area (Å²) in [5, 5.41) is 9.92. The van der Waals surface area contributed by atoms with Crippen LogP contribution in [0.15, 0.2) is 24.3 Å². The normalized spacial score (nSPS) is 29.3. The maximum Gasteiger partial charge on any atom is 0.124 e. The Kier molecular flexibility index (Phi) is 3.87. The van der Waals surface area contributed by atoms with E-state index in [1.165, 1.54) is 5.52 Å². The summed E-state index contributed by atoms with van der Waals surface area (Å²) in [6, 6.07) is 9.40. The third-order valence-electron chi connectivity index (χ3n) is 5.47. The molecule has 0 aliphatic carbocycles. The highest BCUT2D eigenvalue weighted by molar-refractivity contribution is 5.75. The Morgan fingerprint density at radius 3 is 2.87 bits per heavy atom. The van der Waals surface area contributed by atoms with Gasteiger partial charge in [-0.3, -0.25) is 9.80 Å². The smallest absolute Gasteiger partial charge is 0.124 e. The lowest BCUT2D eigenvalue weighted by atomic mass is 10.1. The number of aliphatic hydroxyl groups excluding tert-OH is 1. The Hall–Kier alpha value is -1.43. The lowest BCUT2D eigenvalue weighted by molar-refractivity contribution is 0.0505. The number of aryl methyl sites for hydroxylation is 1. The number of fused-ring (bicyclic) bond motifs is 2. The van der Waals surface area contributed by atoms with E-state index in [1.807, 2.05) is 0 Å². The summed E-state index contributed by atoms with van der Waals surface area (Å²) < 4.78 is 2.33. The summed E-state index contributed by atoms with van der Waals surface area (Å²) in [7, 11) is 0. The molecule has 2 aromatic rings. The summed E-state index contributed by atoms with van der Waals surface area (Å²) in [5.74, 6) is 1.16. The Morgan fingerprint density at radius 2 is 2.04 bits per heavy atom. The van der Waals surface area contributed by atoms with E-state index in [2.05, 4.69) is 52.5 Å². The van der Waals surface area contributed by atoms with E-state index in [0.717, 1.165) is 50.5 Å². The zero-order valence-electron chi connectivity index (χ0n) is 14.0. The Labute approximate surface area is 137 Å². The van der Waals surface area contributed by atoms with E-state index in [-0.39, 0.29) is 6.10 Å². The third kappa shape index (κ3) is 2.67. The largest absolute Gasteiger partial charge is 0.392 e. The fourth-order valence-electron chi connectivity index (χ4n) is 4.28. The molecule has 3 atom stereocenters. The molecular formula is C18H26N4O. The van der Waals surface area contributed by atoms with Gasteiger partial charge in [0.1, 0.15) is 5.82 Å². The quantitative estimate of drug-likeness (QED) is 0.936. The molecule has 0 saturated carbocycles. The van der Waals surface area contributed by atoms with Crippen LogP contribution in [0, 0.1) is 0 Å². The van der Waals surface area contributed by atoms with Crippen LogP contribution >= 0.6 is 0 Å². The molecule has 0 amide bonds. The van der Waals surface area contributed by atoms with Gasteiger partial charge >= 0.3 is 0 Å². The van der Waals surface area contributed by atoms with Crippen molar-refractivity contribution in [2.75, 3.05) is 19.6 Å². The Morgan fingerprint density at radius 1 is 1.22 bits per heavy atom. The molecule has 3 heterocycles. The van der Waals surface area contributed by atoms with Gasteiger partial charge in [-0.05, 0) is 32.4 Å². The number of hydrogen-bond acceptors (Lipinski definition) is 4. The molecule has 2 aliphatic heterocycles. The molecule has 2 fully saturated rings. The number of imidazole rings is 1. The van der Waals surface area contributed by atoms with Crippen LogP contribution in [-0.2, 0) is 13.1 Å². The predicted octanol–water partition coefficient (Wildman–Crippen LogP) is 1.70. The van der Waals surface area contributed by atoms with Crippen LogP contribution in [0.2, 0.25) is 0 Å². The standard InChI is InChI=1S/C18H26N4O/c1-3-22-17-7-5-4-6-16(17)19-18(22)12-20-10-14-8-15(23)11-21(14)9-13(20)2/h4-7,13-15,23H,3,8-12H2,1-2H3/t13-,14+,15+/m0/s1. The van der Waals surface area contributed by atoms with Gasteiger partial charge in [-0.1, -0.05) is 12.1 Å². The molecule has 4 rings (SSSR count). The summed E-state index contributed by atoms with van der Waals surface area (Å²) in [5.41, 5.74) is 2.32. The van der Waals surface area contributed by atoms with Crippen LogP contribution < -0.4 is 0 Å². The molecule has 5 nitrogen and oxygen atoms in total. The lowest BCUT2D eigenvalue weighted by Gasteiger charge is -2.41. The van der Waals surface area contributed by atoms with Gasteiger partial charge in [0.05, 0.1) is 23.7 Å². The number of para-hydroxylation sites is 2. The first-order chi connectivity index (χ1) is 11.2. The number of aromatic nitrogens is 2. The maximum atomic E-state index is 9.92. The molecule has 0 radical (unpaired) electrons. The average Bonchev–Trinajstić information content (AvgIpc) is 3.06. The second kappa shape index (κ2) is 5.89. The van der Waals surface area contributed by atoms with Crippen LogP contribution in [0.4, 0.5) is 0 Å². The minimum atomic E-state index is -0.146. The molecule has 23 heavy (non-hydrogen) atoms. The van der Waals surface area contributed by atoms with Crippen LogP contribution in [0.5, 0.6) is 0 Å². The highest BCUT2D eigenvalue weighted by Gasteiger charge is 2.38. The first-order valence-electron chi connectivity index (χ1n) is 8.76. The predicted molar refractivity (Wildman–Crippen MR) is 91.3 cm³/mol. The Bertz CT molecular complexity index is 697. The molecule has 1 aromatic carbocycles. The van der Waals surface area contributed by atoms with Gasteiger partial charge in [0.15, 0.2) is 0 Å². The number of nitrogens with zero attached hydrogens (tertiary/aromatic N) is 4. The van der Waals surface area contributed by atoms with Crippen molar-refractivity contribution in [3.63, 3.8) is 0 Å². The summed E-state index contributed by atoms with van der Waals surface area (Å²) in [4.78, 5) is 9.86. The number of piperazine rings is 1. The fourth-order valence-corrected chi connectivity index (χ4v) is 4.28. The van der Waals surface area contributed by atoms with Crippen molar-refractivity contribution in [2.45, 2.75) is 51.5 Å². The molecule has 2 saturated heterocycles. The summed E-state index contributed by atoms with van der Waals surface area (Å²) in [6.07, 6.45) is 0.764. The molecular weight excluding hydrogens is 288 g/mol. The lowest BCUT2D eigenvalue weighted by Crippen LogP contribution is -2.54. The third-order valence-corrected chi connectivity index (χ3v) is 5.47. The number of rotatable bonds is 3. The topological polar surface area (TPSA) is 44.5 Å². The monoisotopic (exact) mass is 314 g/mol. The minimum Gasteiger partial charge on any atom is -0.392 e.